The Labute approximate surface area is 143 Å². The average molecular weight is 334 g/mol. The molecule has 0 aliphatic rings. The van der Waals surface area contributed by atoms with E-state index in [1.54, 1.807) is 19.2 Å². The summed E-state index contributed by atoms with van der Waals surface area (Å²) in [5.41, 5.74) is 1.89. The molecular weight excluding hydrogens is 320 g/mol. The molecule has 1 aromatic heterocycles. The fraction of sp³-hybridized carbons (Fsp3) is 0.111. The van der Waals surface area contributed by atoms with E-state index in [1.807, 2.05) is 24.3 Å². The highest BCUT2D eigenvalue weighted by atomic mass is 16.5. The summed E-state index contributed by atoms with van der Waals surface area (Å²) in [4.78, 5) is 20.2. The number of nitrogens with one attached hydrogen (secondary N) is 1. The van der Waals surface area contributed by atoms with Gasteiger partial charge in [0.2, 0.25) is 0 Å². The Morgan fingerprint density at radius 1 is 1.16 bits per heavy atom. The number of ether oxygens (including phenoxy) is 2. The molecule has 7 nitrogen and oxygen atoms in total. The summed E-state index contributed by atoms with van der Waals surface area (Å²) in [7, 11) is 2.87. The van der Waals surface area contributed by atoms with E-state index >= 15 is 0 Å². The molecule has 0 amide bonds. The second-order valence-electron chi connectivity index (χ2n) is 5.13. The number of rotatable bonds is 4. The zero-order valence-electron chi connectivity index (χ0n) is 13.6. The molecule has 0 saturated carbocycles. The molecule has 0 radical (unpaired) electrons. The maximum atomic E-state index is 11.8. The number of hydrogen-bond acceptors (Lipinski definition) is 7. The van der Waals surface area contributed by atoms with Crippen molar-refractivity contribution in [2.24, 2.45) is 0 Å². The molecule has 0 aliphatic carbocycles. The monoisotopic (exact) mass is 334 g/mol. The standard InChI is InChI=1S/C18H14N4O3/c1-24-14-3-4-16-15(8-14)17(21-10-20-16)22-13-6-11(9-19)5-12(7-13)18(23)25-2/h3-8,10H,1-2H3,(H,20,21,22). The van der Waals surface area contributed by atoms with Gasteiger partial charge < -0.3 is 14.8 Å². The number of methoxy groups -OCH3 is 2. The molecule has 3 rings (SSSR count). The van der Waals surface area contributed by atoms with Crippen molar-refractivity contribution < 1.29 is 14.3 Å². The van der Waals surface area contributed by atoms with Crippen LogP contribution >= 0.6 is 0 Å². The summed E-state index contributed by atoms with van der Waals surface area (Å²) >= 11 is 0. The van der Waals surface area contributed by atoms with Crippen molar-refractivity contribution >= 4 is 28.4 Å². The number of benzene rings is 2. The molecule has 0 spiro atoms. The van der Waals surface area contributed by atoms with Crippen molar-refractivity contribution in [3.8, 4) is 11.8 Å². The van der Waals surface area contributed by atoms with Gasteiger partial charge in [0.25, 0.3) is 0 Å². The molecule has 3 aromatic rings. The molecule has 1 N–H and O–H groups in total. The first kappa shape index (κ1) is 16.2. The Kier molecular flexibility index (Phi) is 4.44. The molecule has 7 heteroatoms. The van der Waals surface area contributed by atoms with E-state index in [2.05, 4.69) is 15.3 Å². The lowest BCUT2D eigenvalue weighted by molar-refractivity contribution is 0.0600. The van der Waals surface area contributed by atoms with Crippen LogP contribution in [0.25, 0.3) is 10.9 Å². The number of hydrogen-bond donors (Lipinski definition) is 1. The molecule has 2 aromatic carbocycles. The van der Waals surface area contributed by atoms with Gasteiger partial charge in [-0.1, -0.05) is 0 Å². The second kappa shape index (κ2) is 6.84. The molecule has 0 atom stereocenters. The first-order valence-electron chi connectivity index (χ1n) is 7.34. The SMILES string of the molecule is COC(=O)c1cc(C#N)cc(Nc2ncnc3ccc(OC)cc23)c1. The van der Waals surface area contributed by atoms with Gasteiger partial charge in [-0.15, -0.1) is 0 Å². The Morgan fingerprint density at radius 2 is 2.00 bits per heavy atom. The Morgan fingerprint density at radius 3 is 2.72 bits per heavy atom. The lowest BCUT2D eigenvalue weighted by Crippen LogP contribution is -2.04. The first-order chi connectivity index (χ1) is 12.1. The van der Waals surface area contributed by atoms with E-state index in [0.29, 0.717) is 22.8 Å². The summed E-state index contributed by atoms with van der Waals surface area (Å²) < 4.78 is 9.96. The number of nitrogens with zero attached hydrogens (tertiary/aromatic N) is 3. The lowest BCUT2D eigenvalue weighted by Gasteiger charge is -2.11. The van der Waals surface area contributed by atoms with Gasteiger partial charge in [0.05, 0.1) is 36.9 Å². The number of fused-ring (bicyclic) bond motifs is 1. The van der Waals surface area contributed by atoms with Crippen molar-refractivity contribution in [1.29, 1.82) is 5.26 Å². The maximum Gasteiger partial charge on any atom is 0.337 e. The number of esters is 1. The summed E-state index contributed by atoms with van der Waals surface area (Å²) in [5.74, 6) is 0.690. The van der Waals surface area contributed by atoms with E-state index in [0.717, 1.165) is 10.9 Å². The van der Waals surface area contributed by atoms with Gasteiger partial charge in [0.15, 0.2) is 0 Å². The van der Waals surface area contributed by atoms with Gasteiger partial charge in [-0.2, -0.15) is 5.26 Å². The van der Waals surface area contributed by atoms with Crippen LogP contribution in [0.3, 0.4) is 0 Å². The van der Waals surface area contributed by atoms with Crippen LogP contribution in [0.4, 0.5) is 11.5 Å². The van der Waals surface area contributed by atoms with Crippen molar-refractivity contribution in [2.75, 3.05) is 19.5 Å². The lowest BCUT2D eigenvalue weighted by atomic mass is 10.1. The predicted octanol–water partition coefficient (Wildman–Crippen LogP) is 3.04. The topological polar surface area (TPSA) is 97.1 Å². The molecule has 0 unspecified atom stereocenters. The quantitative estimate of drug-likeness (QED) is 0.732. The van der Waals surface area contributed by atoms with Gasteiger partial charge in [0.1, 0.15) is 17.9 Å². The summed E-state index contributed by atoms with van der Waals surface area (Å²) in [6.07, 6.45) is 1.44. The van der Waals surface area contributed by atoms with Crippen molar-refractivity contribution in [3.05, 3.63) is 53.9 Å². The van der Waals surface area contributed by atoms with Crippen molar-refractivity contribution in [3.63, 3.8) is 0 Å². The zero-order chi connectivity index (χ0) is 17.8. The maximum absolute atomic E-state index is 11.8. The molecule has 124 valence electrons. The number of anilines is 2. The predicted molar refractivity (Wildman–Crippen MR) is 91.9 cm³/mol. The van der Waals surface area contributed by atoms with Gasteiger partial charge in [-0.3, -0.25) is 0 Å². The highest BCUT2D eigenvalue weighted by Gasteiger charge is 2.11. The van der Waals surface area contributed by atoms with Gasteiger partial charge in [0, 0.05) is 11.1 Å². The van der Waals surface area contributed by atoms with E-state index in [4.69, 9.17) is 9.47 Å². The third-order valence-corrected chi connectivity index (χ3v) is 3.59. The molecule has 0 saturated heterocycles. The van der Waals surface area contributed by atoms with Crippen LogP contribution in [0.5, 0.6) is 5.75 Å². The van der Waals surface area contributed by atoms with Crippen LogP contribution in [0.1, 0.15) is 15.9 Å². The Balaban J connectivity index is 2.07. The van der Waals surface area contributed by atoms with E-state index in [1.165, 1.54) is 19.5 Å². The van der Waals surface area contributed by atoms with Crippen LogP contribution in [-0.4, -0.2) is 30.2 Å². The molecular formula is C18H14N4O3. The van der Waals surface area contributed by atoms with Crippen LogP contribution in [0, 0.1) is 11.3 Å². The smallest absolute Gasteiger partial charge is 0.337 e. The number of carbonyl (C=O) groups excluding carboxylic acids is 1. The summed E-state index contributed by atoms with van der Waals surface area (Å²) in [6.45, 7) is 0. The van der Waals surface area contributed by atoms with Gasteiger partial charge in [-0.05, 0) is 36.4 Å². The molecule has 0 aliphatic heterocycles. The zero-order valence-corrected chi connectivity index (χ0v) is 13.6. The minimum atomic E-state index is -0.519. The molecule has 0 fully saturated rings. The number of nitriles is 1. The highest BCUT2D eigenvalue weighted by molar-refractivity contribution is 5.94. The number of aromatic nitrogens is 2. The third kappa shape index (κ3) is 3.33. The average Bonchev–Trinajstić information content (AvgIpc) is 2.66. The van der Waals surface area contributed by atoms with Crippen molar-refractivity contribution in [2.45, 2.75) is 0 Å². The highest BCUT2D eigenvalue weighted by Crippen LogP contribution is 2.27. The van der Waals surface area contributed by atoms with Crippen LogP contribution in [0.2, 0.25) is 0 Å². The summed E-state index contributed by atoms with van der Waals surface area (Å²) in [5, 5.41) is 13.1. The molecule has 25 heavy (non-hydrogen) atoms. The Bertz CT molecular complexity index is 995. The van der Waals surface area contributed by atoms with Crippen LogP contribution in [-0.2, 0) is 4.74 Å². The normalized spacial score (nSPS) is 10.1. The minimum Gasteiger partial charge on any atom is -0.497 e. The Hall–Kier alpha value is -3.66. The van der Waals surface area contributed by atoms with Crippen molar-refractivity contribution in [1.82, 2.24) is 9.97 Å². The fourth-order valence-electron chi connectivity index (χ4n) is 2.40. The van der Waals surface area contributed by atoms with E-state index in [9.17, 15) is 10.1 Å². The van der Waals surface area contributed by atoms with E-state index in [-0.39, 0.29) is 5.56 Å². The van der Waals surface area contributed by atoms with Gasteiger partial charge >= 0.3 is 5.97 Å². The minimum absolute atomic E-state index is 0.278. The second-order valence-corrected chi connectivity index (χ2v) is 5.13. The van der Waals surface area contributed by atoms with Crippen LogP contribution in [0.15, 0.2) is 42.7 Å². The largest absolute Gasteiger partial charge is 0.497 e. The van der Waals surface area contributed by atoms with Crippen LogP contribution < -0.4 is 10.1 Å². The number of carbonyl (C=O) groups is 1. The molecule has 1 heterocycles. The van der Waals surface area contributed by atoms with E-state index < -0.39 is 5.97 Å². The molecule has 0 bridgehead atoms. The van der Waals surface area contributed by atoms with Gasteiger partial charge in [-0.25, -0.2) is 14.8 Å². The third-order valence-electron chi connectivity index (χ3n) is 3.59. The first-order valence-corrected chi connectivity index (χ1v) is 7.34. The summed E-state index contributed by atoms with van der Waals surface area (Å²) in [6, 6.07) is 12.2. The fourth-order valence-corrected chi connectivity index (χ4v) is 2.40.